The Bertz CT molecular complexity index is 396. The number of hydrogen-bond acceptors (Lipinski definition) is 3. The van der Waals surface area contributed by atoms with Crippen molar-refractivity contribution in [1.29, 1.82) is 0 Å². The van der Waals surface area contributed by atoms with E-state index in [0.717, 1.165) is 19.3 Å². The van der Waals surface area contributed by atoms with Crippen LogP contribution in [0, 0.1) is 0 Å². The van der Waals surface area contributed by atoms with Gasteiger partial charge in [-0.2, -0.15) is 0 Å². The van der Waals surface area contributed by atoms with E-state index in [1.54, 1.807) is 18.7 Å². The number of nitrogens with zero attached hydrogens (tertiary/aromatic N) is 3. The zero-order chi connectivity index (χ0) is 11.2. The molecule has 84 valence electrons. The van der Waals surface area contributed by atoms with Gasteiger partial charge in [0.15, 0.2) is 0 Å². The maximum absolute atomic E-state index is 6.01. The molecule has 0 spiro atoms. The smallest absolute Gasteiger partial charge is 0.0959 e. The summed E-state index contributed by atoms with van der Waals surface area (Å²) in [6, 6.07) is 4.06. The monoisotopic (exact) mass is 216 g/mol. The summed E-state index contributed by atoms with van der Waals surface area (Å²) in [5.41, 5.74) is 7.28. The Balaban J connectivity index is 1.76. The minimum absolute atomic E-state index is 0.0270. The molecule has 2 N–H and O–H groups in total. The molecule has 0 aliphatic rings. The number of nitrogens with two attached hydrogens (primary N) is 1. The highest BCUT2D eigenvalue weighted by Crippen LogP contribution is 2.10. The van der Waals surface area contributed by atoms with E-state index in [2.05, 4.69) is 16.0 Å². The summed E-state index contributed by atoms with van der Waals surface area (Å²) in [6.07, 6.45) is 12.2. The third kappa shape index (κ3) is 2.90. The molecule has 0 aliphatic heterocycles. The number of imidazole rings is 1. The first kappa shape index (κ1) is 10.8. The number of hydrogen-bond donors (Lipinski definition) is 1. The van der Waals surface area contributed by atoms with E-state index in [1.807, 2.05) is 23.0 Å². The fourth-order valence-electron chi connectivity index (χ4n) is 1.68. The molecule has 0 aliphatic carbocycles. The van der Waals surface area contributed by atoms with Crippen LogP contribution in [0.2, 0.25) is 0 Å². The number of aryl methyl sites for hydroxylation is 1. The molecule has 0 bridgehead atoms. The fourth-order valence-corrected chi connectivity index (χ4v) is 1.68. The Morgan fingerprint density at radius 2 is 2.25 bits per heavy atom. The van der Waals surface area contributed by atoms with Crippen molar-refractivity contribution in [2.24, 2.45) is 5.73 Å². The van der Waals surface area contributed by atoms with Gasteiger partial charge in [0, 0.05) is 24.8 Å². The molecule has 2 heterocycles. The Kier molecular flexibility index (Phi) is 3.66. The van der Waals surface area contributed by atoms with Gasteiger partial charge < -0.3 is 10.3 Å². The second-order valence-corrected chi connectivity index (χ2v) is 3.83. The van der Waals surface area contributed by atoms with Crippen molar-refractivity contribution in [2.45, 2.75) is 25.4 Å². The average Bonchev–Trinajstić information content (AvgIpc) is 2.84. The first-order chi connectivity index (χ1) is 7.86. The van der Waals surface area contributed by atoms with Crippen LogP contribution in [0.25, 0.3) is 0 Å². The number of pyridine rings is 1. The van der Waals surface area contributed by atoms with Gasteiger partial charge in [0.2, 0.25) is 0 Å². The van der Waals surface area contributed by atoms with E-state index < -0.39 is 0 Å². The minimum Gasteiger partial charge on any atom is -0.322 e. The van der Waals surface area contributed by atoms with Crippen molar-refractivity contribution in [2.75, 3.05) is 0 Å². The van der Waals surface area contributed by atoms with Crippen LogP contribution in [0.1, 0.15) is 24.6 Å². The predicted molar refractivity (Wildman–Crippen MR) is 62.6 cm³/mol. The van der Waals surface area contributed by atoms with Crippen LogP contribution in [0.5, 0.6) is 0 Å². The normalized spacial score (nSPS) is 12.6. The average molecular weight is 216 g/mol. The van der Waals surface area contributed by atoms with E-state index >= 15 is 0 Å². The zero-order valence-electron chi connectivity index (χ0n) is 9.16. The maximum atomic E-state index is 6.01. The molecule has 4 heteroatoms. The summed E-state index contributed by atoms with van der Waals surface area (Å²) in [7, 11) is 0. The highest BCUT2D eigenvalue weighted by Gasteiger charge is 2.03. The van der Waals surface area contributed by atoms with Crippen molar-refractivity contribution < 1.29 is 0 Å². The molecule has 0 saturated carbocycles. The molecule has 0 aromatic carbocycles. The summed E-state index contributed by atoms with van der Waals surface area (Å²) in [6.45, 7) is 0. The highest BCUT2D eigenvalue weighted by atomic mass is 15.1. The molecule has 2 aromatic rings. The summed E-state index contributed by atoms with van der Waals surface area (Å²) in [5.74, 6) is 0. The van der Waals surface area contributed by atoms with E-state index in [-0.39, 0.29) is 6.17 Å². The lowest BCUT2D eigenvalue weighted by molar-refractivity contribution is 0.467. The van der Waals surface area contributed by atoms with Crippen LogP contribution in [-0.4, -0.2) is 14.5 Å². The molecule has 4 nitrogen and oxygen atoms in total. The first-order valence-corrected chi connectivity index (χ1v) is 5.48. The molecule has 2 aromatic heterocycles. The van der Waals surface area contributed by atoms with Gasteiger partial charge in [-0.05, 0) is 30.9 Å². The van der Waals surface area contributed by atoms with Crippen molar-refractivity contribution in [3.63, 3.8) is 0 Å². The van der Waals surface area contributed by atoms with Crippen LogP contribution in [-0.2, 0) is 6.42 Å². The third-order valence-corrected chi connectivity index (χ3v) is 2.60. The largest absolute Gasteiger partial charge is 0.322 e. The first-order valence-electron chi connectivity index (χ1n) is 5.48. The van der Waals surface area contributed by atoms with Gasteiger partial charge in [-0.1, -0.05) is 6.07 Å². The van der Waals surface area contributed by atoms with Crippen LogP contribution in [0.15, 0.2) is 43.2 Å². The van der Waals surface area contributed by atoms with Gasteiger partial charge in [0.1, 0.15) is 0 Å². The van der Waals surface area contributed by atoms with Crippen LogP contribution < -0.4 is 5.73 Å². The molecule has 1 unspecified atom stereocenters. The third-order valence-electron chi connectivity index (χ3n) is 2.60. The van der Waals surface area contributed by atoms with E-state index in [1.165, 1.54) is 5.56 Å². The Morgan fingerprint density at radius 3 is 2.94 bits per heavy atom. The molecule has 1 atom stereocenters. The lowest BCUT2D eigenvalue weighted by atomic mass is 10.1. The SMILES string of the molecule is NC(CCCc1cccnc1)n1ccnc1. The molecular weight excluding hydrogens is 200 g/mol. The second-order valence-electron chi connectivity index (χ2n) is 3.83. The van der Waals surface area contributed by atoms with Gasteiger partial charge in [-0.15, -0.1) is 0 Å². The minimum atomic E-state index is 0.0270. The Labute approximate surface area is 95.1 Å². The highest BCUT2D eigenvalue weighted by molar-refractivity contribution is 5.08. The van der Waals surface area contributed by atoms with Crippen LogP contribution in [0.3, 0.4) is 0 Å². The summed E-state index contributed by atoms with van der Waals surface area (Å²) in [4.78, 5) is 8.07. The molecule has 2 rings (SSSR count). The maximum Gasteiger partial charge on any atom is 0.0959 e. The lowest BCUT2D eigenvalue weighted by Crippen LogP contribution is -2.17. The Morgan fingerprint density at radius 1 is 1.31 bits per heavy atom. The molecule has 16 heavy (non-hydrogen) atoms. The predicted octanol–water partition coefficient (Wildman–Crippen LogP) is 1.76. The van der Waals surface area contributed by atoms with Gasteiger partial charge in [-0.25, -0.2) is 4.98 Å². The number of aromatic nitrogens is 3. The van der Waals surface area contributed by atoms with Crippen molar-refractivity contribution in [1.82, 2.24) is 14.5 Å². The molecule has 0 amide bonds. The quantitative estimate of drug-likeness (QED) is 0.828. The lowest BCUT2D eigenvalue weighted by Gasteiger charge is -2.12. The second kappa shape index (κ2) is 5.42. The fraction of sp³-hybridized carbons (Fsp3) is 0.333. The zero-order valence-corrected chi connectivity index (χ0v) is 9.16. The molecule has 0 fully saturated rings. The van der Waals surface area contributed by atoms with Gasteiger partial charge in [-0.3, -0.25) is 4.98 Å². The van der Waals surface area contributed by atoms with Crippen LogP contribution in [0.4, 0.5) is 0 Å². The number of rotatable bonds is 5. The van der Waals surface area contributed by atoms with E-state index in [9.17, 15) is 0 Å². The van der Waals surface area contributed by atoms with Gasteiger partial charge in [0.05, 0.1) is 12.5 Å². The van der Waals surface area contributed by atoms with E-state index in [4.69, 9.17) is 5.73 Å². The van der Waals surface area contributed by atoms with Crippen molar-refractivity contribution in [3.8, 4) is 0 Å². The van der Waals surface area contributed by atoms with Gasteiger partial charge in [0.25, 0.3) is 0 Å². The van der Waals surface area contributed by atoms with E-state index in [0.29, 0.717) is 0 Å². The standard InChI is InChI=1S/C12H16N4/c13-12(16-8-7-15-10-16)5-1-3-11-4-2-6-14-9-11/h2,4,6-10,12H,1,3,5,13H2. The molecule has 0 radical (unpaired) electrons. The van der Waals surface area contributed by atoms with Crippen molar-refractivity contribution in [3.05, 3.63) is 48.8 Å². The molecular formula is C12H16N4. The summed E-state index contributed by atoms with van der Waals surface area (Å²) < 4.78 is 1.93. The topological polar surface area (TPSA) is 56.7 Å². The van der Waals surface area contributed by atoms with Gasteiger partial charge >= 0.3 is 0 Å². The van der Waals surface area contributed by atoms with Crippen molar-refractivity contribution >= 4 is 0 Å². The molecule has 0 saturated heterocycles. The Hall–Kier alpha value is -1.68. The summed E-state index contributed by atoms with van der Waals surface area (Å²) in [5, 5.41) is 0. The van der Waals surface area contributed by atoms with Crippen LogP contribution >= 0.6 is 0 Å². The summed E-state index contributed by atoms with van der Waals surface area (Å²) >= 11 is 0.